The Bertz CT molecular complexity index is 918. The summed E-state index contributed by atoms with van der Waals surface area (Å²) in [6, 6.07) is 10.3. The molecule has 7 heteroatoms. The Morgan fingerprint density at radius 3 is 2.87 bits per heavy atom. The van der Waals surface area contributed by atoms with Crippen molar-refractivity contribution in [2.75, 3.05) is 7.11 Å². The number of fused-ring (bicyclic) bond motifs is 1. The van der Waals surface area contributed by atoms with Crippen LogP contribution < -0.4 is 0 Å². The van der Waals surface area contributed by atoms with Crippen molar-refractivity contribution in [1.29, 1.82) is 0 Å². The normalized spacial score (nSPS) is 11.3. The third kappa shape index (κ3) is 3.07. The van der Waals surface area contributed by atoms with Crippen LogP contribution in [-0.2, 0) is 4.74 Å². The van der Waals surface area contributed by atoms with E-state index in [0.717, 1.165) is 11.3 Å². The average molecular weight is 329 g/mol. The molecule has 0 aliphatic carbocycles. The molecule has 0 saturated heterocycles. The van der Waals surface area contributed by atoms with Crippen molar-refractivity contribution in [3.05, 3.63) is 58.9 Å². The number of benzene rings is 1. The van der Waals surface area contributed by atoms with Crippen LogP contribution in [0.15, 0.2) is 52.8 Å². The van der Waals surface area contributed by atoms with Gasteiger partial charge in [0, 0.05) is 6.20 Å². The second-order valence-corrected chi connectivity index (χ2v) is 5.27. The van der Waals surface area contributed by atoms with Gasteiger partial charge in [0.15, 0.2) is 5.82 Å². The Morgan fingerprint density at radius 1 is 1.26 bits per heavy atom. The number of imidazole rings is 1. The minimum absolute atomic E-state index is 0.417. The number of carbonyl (C=O) groups is 1. The zero-order valence-electron chi connectivity index (χ0n) is 12.5. The summed E-state index contributed by atoms with van der Waals surface area (Å²) in [5, 5.41) is 9.01. The fourth-order valence-electron chi connectivity index (χ4n) is 2.16. The number of methoxy groups -OCH3 is 1. The van der Waals surface area contributed by atoms with Gasteiger partial charge in [0.05, 0.1) is 29.1 Å². The molecule has 0 N–H and O–H groups in total. The van der Waals surface area contributed by atoms with Crippen LogP contribution in [0.4, 0.5) is 11.5 Å². The number of ether oxygens (including phenoxy) is 1. The lowest BCUT2D eigenvalue weighted by Crippen LogP contribution is -1.99. The molecule has 0 aliphatic rings. The van der Waals surface area contributed by atoms with Crippen molar-refractivity contribution < 1.29 is 9.53 Å². The van der Waals surface area contributed by atoms with Gasteiger partial charge >= 0.3 is 5.97 Å². The van der Waals surface area contributed by atoms with Crippen molar-refractivity contribution in [1.82, 2.24) is 9.38 Å². The number of rotatable bonds is 3. The van der Waals surface area contributed by atoms with Crippen LogP contribution in [0, 0.1) is 6.92 Å². The molecule has 0 fully saturated rings. The highest BCUT2D eigenvalue weighted by Crippen LogP contribution is 2.25. The SMILES string of the molecule is COC(=O)c1cccc(N=Nc2c(C)nc3ccc(Cl)cn23)c1. The van der Waals surface area contributed by atoms with E-state index in [1.54, 1.807) is 40.9 Å². The van der Waals surface area contributed by atoms with Crippen molar-refractivity contribution in [3.8, 4) is 0 Å². The van der Waals surface area contributed by atoms with Gasteiger partial charge in [-0.25, -0.2) is 9.78 Å². The van der Waals surface area contributed by atoms with Gasteiger partial charge in [0.2, 0.25) is 0 Å². The molecule has 0 unspecified atom stereocenters. The van der Waals surface area contributed by atoms with Crippen LogP contribution in [0.3, 0.4) is 0 Å². The Hall–Kier alpha value is -2.73. The van der Waals surface area contributed by atoms with Gasteiger partial charge in [0.25, 0.3) is 0 Å². The lowest BCUT2D eigenvalue weighted by atomic mass is 10.2. The second kappa shape index (κ2) is 6.18. The number of halogens is 1. The van der Waals surface area contributed by atoms with E-state index >= 15 is 0 Å². The topological polar surface area (TPSA) is 68.3 Å². The van der Waals surface area contributed by atoms with E-state index in [2.05, 4.69) is 15.2 Å². The fourth-order valence-corrected chi connectivity index (χ4v) is 2.32. The van der Waals surface area contributed by atoms with E-state index in [1.165, 1.54) is 7.11 Å². The predicted molar refractivity (Wildman–Crippen MR) is 86.9 cm³/mol. The molecule has 0 aliphatic heterocycles. The number of esters is 1. The molecule has 3 rings (SSSR count). The quantitative estimate of drug-likeness (QED) is 0.525. The summed E-state index contributed by atoms with van der Waals surface area (Å²) in [7, 11) is 1.34. The smallest absolute Gasteiger partial charge is 0.337 e. The van der Waals surface area contributed by atoms with Gasteiger partial charge in [-0.3, -0.25) is 4.40 Å². The zero-order chi connectivity index (χ0) is 16.4. The van der Waals surface area contributed by atoms with Crippen molar-refractivity contribution in [3.63, 3.8) is 0 Å². The average Bonchev–Trinajstić information content (AvgIpc) is 2.87. The first-order chi connectivity index (χ1) is 11.1. The molecule has 23 heavy (non-hydrogen) atoms. The number of carbonyl (C=O) groups excluding carboxylic acids is 1. The van der Waals surface area contributed by atoms with Gasteiger partial charge in [0.1, 0.15) is 5.65 Å². The molecule has 0 atom stereocenters. The third-order valence-corrected chi connectivity index (χ3v) is 3.48. The minimum atomic E-state index is -0.417. The highest BCUT2D eigenvalue weighted by Gasteiger charge is 2.09. The molecule has 0 radical (unpaired) electrons. The number of pyridine rings is 1. The van der Waals surface area contributed by atoms with Crippen LogP contribution in [0.2, 0.25) is 5.02 Å². The summed E-state index contributed by atoms with van der Waals surface area (Å²) in [6.45, 7) is 1.85. The first kappa shape index (κ1) is 15.2. The highest BCUT2D eigenvalue weighted by molar-refractivity contribution is 6.30. The molecular formula is C16H13ClN4O2. The Labute approximate surface area is 137 Å². The molecule has 2 aromatic heterocycles. The lowest BCUT2D eigenvalue weighted by molar-refractivity contribution is 0.0601. The molecule has 3 aromatic rings. The standard InChI is InChI=1S/C16H13ClN4O2/c1-10-15(21-9-12(17)6-7-14(21)18-10)20-19-13-5-3-4-11(8-13)16(22)23-2/h3-9H,1-2H3. The predicted octanol–water partition coefficient (Wildman–Crippen LogP) is 4.50. The molecule has 116 valence electrons. The summed E-state index contributed by atoms with van der Waals surface area (Å²) in [4.78, 5) is 15.9. The van der Waals surface area contributed by atoms with Gasteiger partial charge in [-0.05, 0) is 37.3 Å². The molecule has 0 spiro atoms. The van der Waals surface area contributed by atoms with E-state index in [4.69, 9.17) is 16.3 Å². The van der Waals surface area contributed by atoms with Crippen LogP contribution in [0.1, 0.15) is 16.1 Å². The molecule has 0 saturated carbocycles. The zero-order valence-corrected chi connectivity index (χ0v) is 13.3. The van der Waals surface area contributed by atoms with Crippen LogP contribution in [0.25, 0.3) is 5.65 Å². The van der Waals surface area contributed by atoms with E-state index in [9.17, 15) is 4.79 Å². The summed E-state index contributed by atoms with van der Waals surface area (Å²) < 4.78 is 6.46. The number of aryl methyl sites for hydroxylation is 1. The second-order valence-electron chi connectivity index (χ2n) is 4.84. The summed E-state index contributed by atoms with van der Waals surface area (Å²) in [5.41, 5.74) is 2.44. The van der Waals surface area contributed by atoms with Crippen molar-refractivity contribution >= 4 is 34.7 Å². The number of aromatic nitrogens is 2. The highest BCUT2D eigenvalue weighted by atomic mass is 35.5. The molecule has 6 nitrogen and oxygen atoms in total. The Balaban J connectivity index is 1.99. The van der Waals surface area contributed by atoms with Gasteiger partial charge < -0.3 is 4.74 Å². The number of hydrogen-bond acceptors (Lipinski definition) is 5. The Morgan fingerprint density at radius 2 is 2.09 bits per heavy atom. The largest absolute Gasteiger partial charge is 0.465 e. The lowest BCUT2D eigenvalue weighted by Gasteiger charge is -2.00. The van der Waals surface area contributed by atoms with Gasteiger partial charge in [-0.15, -0.1) is 10.2 Å². The maximum absolute atomic E-state index is 11.5. The number of hydrogen-bond donors (Lipinski definition) is 0. The maximum Gasteiger partial charge on any atom is 0.337 e. The van der Waals surface area contributed by atoms with Gasteiger partial charge in [-0.1, -0.05) is 17.7 Å². The van der Waals surface area contributed by atoms with Crippen molar-refractivity contribution in [2.45, 2.75) is 6.92 Å². The Kier molecular flexibility index (Phi) is 4.08. The molecule has 0 bridgehead atoms. The van der Waals surface area contributed by atoms with Crippen LogP contribution in [-0.4, -0.2) is 22.5 Å². The first-order valence-corrected chi connectivity index (χ1v) is 7.20. The molecule has 2 heterocycles. The first-order valence-electron chi connectivity index (χ1n) is 6.83. The summed E-state index contributed by atoms with van der Waals surface area (Å²) in [6.07, 6.45) is 1.73. The summed E-state index contributed by atoms with van der Waals surface area (Å²) in [5.74, 6) is 0.172. The molecule has 1 aromatic carbocycles. The van der Waals surface area contributed by atoms with Crippen LogP contribution in [0.5, 0.6) is 0 Å². The number of nitrogens with zero attached hydrogens (tertiary/aromatic N) is 4. The van der Waals surface area contributed by atoms with E-state index in [0.29, 0.717) is 22.1 Å². The monoisotopic (exact) mass is 328 g/mol. The van der Waals surface area contributed by atoms with E-state index < -0.39 is 5.97 Å². The molecule has 0 amide bonds. The summed E-state index contributed by atoms with van der Waals surface area (Å²) >= 11 is 6.02. The van der Waals surface area contributed by atoms with Crippen molar-refractivity contribution in [2.24, 2.45) is 10.2 Å². The third-order valence-electron chi connectivity index (χ3n) is 3.25. The maximum atomic E-state index is 11.5. The number of azo groups is 1. The minimum Gasteiger partial charge on any atom is -0.465 e. The van der Waals surface area contributed by atoms with E-state index in [1.807, 2.05) is 13.0 Å². The fraction of sp³-hybridized carbons (Fsp3) is 0.125. The van der Waals surface area contributed by atoms with Crippen LogP contribution >= 0.6 is 11.6 Å². The van der Waals surface area contributed by atoms with Gasteiger partial charge in [-0.2, -0.15) is 0 Å². The van der Waals surface area contributed by atoms with E-state index in [-0.39, 0.29) is 0 Å². The molecular weight excluding hydrogens is 316 g/mol.